The Bertz CT molecular complexity index is 834. The quantitative estimate of drug-likeness (QED) is 0.685. The van der Waals surface area contributed by atoms with Gasteiger partial charge >= 0.3 is 6.09 Å². The maximum absolute atomic E-state index is 11.8. The van der Waals surface area contributed by atoms with Gasteiger partial charge in [0.1, 0.15) is 5.82 Å². The fourth-order valence-corrected chi connectivity index (χ4v) is 3.10. The molecular weight excluding hydrogens is 372 g/mol. The summed E-state index contributed by atoms with van der Waals surface area (Å²) in [6.07, 6.45) is 3.10. The number of ether oxygens (including phenoxy) is 1. The van der Waals surface area contributed by atoms with Crippen molar-refractivity contribution in [3.8, 4) is 0 Å². The van der Waals surface area contributed by atoms with Crippen molar-refractivity contribution in [3.05, 3.63) is 36.5 Å². The molecule has 2 heterocycles. The zero-order chi connectivity index (χ0) is 20.6. The lowest BCUT2D eigenvalue weighted by molar-refractivity contribution is -0.114. The molecule has 29 heavy (non-hydrogen) atoms. The Balaban J connectivity index is 1.53. The zero-order valence-electron chi connectivity index (χ0n) is 16.6. The first-order valence-corrected chi connectivity index (χ1v) is 9.69. The fraction of sp³-hybridized carbons (Fsp3) is 0.400. The second-order valence-electron chi connectivity index (χ2n) is 6.75. The fourth-order valence-electron chi connectivity index (χ4n) is 3.10. The smallest absolute Gasteiger partial charge is 0.409 e. The van der Waals surface area contributed by atoms with Gasteiger partial charge in [0.25, 0.3) is 0 Å². The van der Waals surface area contributed by atoms with Crippen molar-refractivity contribution in [3.63, 3.8) is 0 Å². The van der Waals surface area contributed by atoms with Crippen LogP contribution in [0, 0.1) is 0 Å². The van der Waals surface area contributed by atoms with Crippen LogP contribution in [0.1, 0.15) is 26.7 Å². The van der Waals surface area contributed by atoms with E-state index in [-0.39, 0.29) is 18.0 Å². The zero-order valence-corrected chi connectivity index (χ0v) is 16.6. The van der Waals surface area contributed by atoms with Gasteiger partial charge in [-0.3, -0.25) is 4.79 Å². The summed E-state index contributed by atoms with van der Waals surface area (Å²) >= 11 is 0. The number of hydrogen-bond donors (Lipinski definition) is 3. The van der Waals surface area contributed by atoms with Crippen molar-refractivity contribution in [2.24, 2.45) is 0 Å². The number of nitrogens with zero attached hydrogens (tertiary/aromatic N) is 3. The molecule has 0 aliphatic carbocycles. The third-order valence-corrected chi connectivity index (χ3v) is 4.49. The predicted molar refractivity (Wildman–Crippen MR) is 111 cm³/mol. The number of aromatic nitrogens is 2. The van der Waals surface area contributed by atoms with Crippen LogP contribution in [-0.2, 0) is 9.53 Å². The summed E-state index contributed by atoms with van der Waals surface area (Å²) in [6.45, 7) is 4.99. The summed E-state index contributed by atoms with van der Waals surface area (Å²) in [6, 6.07) is 9.37. The molecule has 9 nitrogen and oxygen atoms in total. The minimum Gasteiger partial charge on any atom is -0.450 e. The van der Waals surface area contributed by atoms with Crippen LogP contribution in [0.15, 0.2) is 36.5 Å². The first-order valence-electron chi connectivity index (χ1n) is 9.69. The van der Waals surface area contributed by atoms with E-state index in [4.69, 9.17) is 4.74 Å². The molecule has 0 radical (unpaired) electrons. The maximum atomic E-state index is 11.8. The minimum absolute atomic E-state index is 0.110. The van der Waals surface area contributed by atoms with Crippen molar-refractivity contribution >= 4 is 35.1 Å². The predicted octanol–water partition coefficient (Wildman–Crippen LogP) is 3.21. The molecule has 0 unspecified atom stereocenters. The summed E-state index contributed by atoms with van der Waals surface area (Å²) in [4.78, 5) is 33.4. The Morgan fingerprint density at radius 2 is 1.83 bits per heavy atom. The van der Waals surface area contributed by atoms with E-state index in [2.05, 4.69) is 25.9 Å². The number of carbonyl (C=O) groups is 2. The Morgan fingerprint density at radius 3 is 2.48 bits per heavy atom. The molecular formula is C20H26N6O3. The molecule has 154 valence electrons. The van der Waals surface area contributed by atoms with E-state index < -0.39 is 0 Å². The van der Waals surface area contributed by atoms with Crippen molar-refractivity contribution in [1.82, 2.24) is 14.9 Å². The van der Waals surface area contributed by atoms with E-state index in [9.17, 15) is 9.59 Å². The Hall–Kier alpha value is -3.36. The monoisotopic (exact) mass is 398 g/mol. The third-order valence-electron chi connectivity index (χ3n) is 4.49. The number of benzene rings is 1. The van der Waals surface area contributed by atoms with E-state index in [1.807, 2.05) is 37.3 Å². The first-order chi connectivity index (χ1) is 14.0. The molecule has 1 aromatic carbocycles. The highest BCUT2D eigenvalue weighted by Crippen LogP contribution is 2.19. The van der Waals surface area contributed by atoms with Gasteiger partial charge < -0.3 is 25.6 Å². The highest BCUT2D eigenvalue weighted by molar-refractivity contribution is 5.88. The van der Waals surface area contributed by atoms with Crippen LogP contribution < -0.4 is 16.0 Å². The van der Waals surface area contributed by atoms with Gasteiger partial charge in [-0.25, -0.2) is 9.78 Å². The van der Waals surface area contributed by atoms with Crippen LogP contribution >= 0.6 is 0 Å². The summed E-state index contributed by atoms with van der Waals surface area (Å²) in [5.41, 5.74) is 1.55. The minimum atomic E-state index is -0.246. The molecule has 0 spiro atoms. The molecule has 2 aromatic rings. The van der Waals surface area contributed by atoms with E-state index in [0.717, 1.165) is 30.0 Å². The maximum Gasteiger partial charge on any atom is 0.409 e. The Kier molecular flexibility index (Phi) is 6.83. The standard InChI is InChI=1S/C20H26N6O3/c1-3-29-20(28)26-12-9-17(10-13-26)23-18-8-11-21-19(25-18)24-16-6-4-15(5-7-16)22-14(2)27/h4-8,11,17H,3,9-10,12-13H2,1-2H3,(H,22,27)(H2,21,23,24,25). The highest BCUT2D eigenvalue weighted by Gasteiger charge is 2.23. The number of carbonyl (C=O) groups excluding carboxylic acids is 2. The molecule has 0 bridgehead atoms. The number of hydrogen-bond acceptors (Lipinski definition) is 7. The molecule has 0 atom stereocenters. The van der Waals surface area contributed by atoms with Gasteiger partial charge in [0.15, 0.2) is 0 Å². The first kappa shape index (κ1) is 20.4. The number of amides is 2. The molecule has 3 N–H and O–H groups in total. The number of rotatable bonds is 6. The molecule has 9 heteroatoms. The van der Waals surface area contributed by atoms with Crippen molar-refractivity contribution in [1.29, 1.82) is 0 Å². The molecule has 3 rings (SSSR count). The molecule has 1 aliphatic rings. The van der Waals surface area contributed by atoms with Crippen LogP contribution in [0.4, 0.5) is 27.9 Å². The highest BCUT2D eigenvalue weighted by atomic mass is 16.6. The van der Waals surface area contributed by atoms with Gasteiger partial charge in [0, 0.05) is 43.6 Å². The molecule has 1 aliphatic heterocycles. The lowest BCUT2D eigenvalue weighted by atomic mass is 10.1. The number of likely N-dealkylation sites (tertiary alicyclic amines) is 1. The second-order valence-corrected chi connectivity index (χ2v) is 6.75. The Labute approximate surface area is 169 Å². The Morgan fingerprint density at radius 1 is 1.14 bits per heavy atom. The number of anilines is 4. The van der Waals surface area contributed by atoms with E-state index >= 15 is 0 Å². The van der Waals surface area contributed by atoms with Crippen molar-refractivity contribution in [2.45, 2.75) is 32.7 Å². The van der Waals surface area contributed by atoms with Crippen LogP contribution in [0.3, 0.4) is 0 Å². The summed E-state index contributed by atoms with van der Waals surface area (Å²) < 4.78 is 5.05. The average Bonchev–Trinajstić information content (AvgIpc) is 2.70. The molecule has 1 fully saturated rings. The lowest BCUT2D eigenvalue weighted by Gasteiger charge is -2.31. The molecule has 2 amide bonds. The summed E-state index contributed by atoms with van der Waals surface area (Å²) in [7, 11) is 0. The lowest BCUT2D eigenvalue weighted by Crippen LogP contribution is -2.42. The SMILES string of the molecule is CCOC(=O)N1CCC(Nc2ccnc(Nc3ccc(NC(C)=O)cc3)n2)CC1. The van der Waals surface area contributed by atoms with Crippen LogP contribution in [-0.4, -0.2) is 52.6 Å². The molecule has 1 saturated heterocycles. The van der Waals surface area contributed by atoms with Crippen LogP contribution in [0.5, 0.6) is 0 Å². The molecule has 1 aromatic heterocycles. The van der Waals surface area contributed by atoms with Gasteiger partial charge in [-0.2, -0.15) is 4.98 Å². The summed E-state index contributed by atoms with van der Waals surface area (Å²) in [5, 5.41) is 9.29. The van der Waals surface area contributed by atoms with Gasteiger partial charge in [0.2, 0.25) is 11.9 Å². The average molecular weight is 398 g/mol. The third kappa shape index (κ3) is 6.06. The largest absolute Gasteiger partial charge is 0.450 e. The second kappa shape index (κ2) is 9.72. The topological polar surface area (TPSA) is 108 Å². The summed E-state index contributed by atoms with van der Waals surface area (Å²) in [5.74, 6) is 1.10. The van der Waals surface area contributed by atoms with E-state index in [1.54, 1.807) is 11.1 Å². The van der Waals surface area contributed by atoms with Gasteiger partial charge in [-0.1, -0.05) is 0 Å². The van der Waals surface area contributed by atoms with Crippen LogP contribution in [0.25, 0.3) is 0 Å². The van der Waals surface area contributed by atoms with Crippen LogP contribution in [0.2, 0.25) is 0 Å². The molecule has 0 saturated carbocycles. The van der Waals surface area contributed by atoms with Gasteiger partial charge in [-0.05, 0) is 50.1 Å². The number of nitrogens with one attached hydrogen (secondary N) is 3. The van der Waals surface area contributed by atoms with Gasteiger partial charge in [0.05, 0.1) is 6.61 Å². The normalized spacial score (nSPS) is 14.2. The van der Waals surface area contributed by atoms with E-state index in [1.165, 1.54) is 6.92 Å². The van der Waals surface area contributed by atoms with Crippen molar-refractivity contribution < 1.29 is 14.3 Å². The van der Waals surface area contributed by atoms with Crippen molar-refractivity contribution in [2.75, 3.05) is 35.6 Å². The van der Waals surface area contributed by atoms with E-state index in [0.29, 0.717) is 25.6 Å². The number of piperidine rings is 1. The van der Waals surface area contributed by atoms with Gasteiger partial charge in [-0.15, -0.1) is 0 Å².